The highest BCUT2D eigenvalue weighted by Crippen LogP contribution is 2.31. The van der Waals surface area contributed by atoms with Crippen molar-refractivity contribution in [3.8, 4) is 22.5 Å². The van der Waals surface area contributed by atoms with Crippen molar-refractivity contribution in [1.29, 1.82) is 0 Å². The Balaban J connectivity index is 1.14. The molecule has 1 aliphatic carbocycles. The van der Waals surface area contributed by atoms with Gasteiger partial charge in [0.05, 0.1) is 11.5 Å². The van der Waals surface area contributed by atoms with Gasteiger partial charge < -0.3 is 30.4 Å². The number of aromatic amines is 1. The Morgan fingerprint density at radius 1 is 0.966 bits per heavy atom. The van der Waals surface area contributed by atoms with Gasteiger partial charge in [0.1, 0.15) is 17.4 Å². The number of anilines is 1. The maximum atomic E-state index is 13.9. The smallest absolute Gasteiger partial charge is 0.407 e. The van der Waals surface area contributed by atoms with Crippen molar-refractivity contribution in [2.24, 2.45) is 11.8 Å². The monoisotopic (exact) mass is 810 g/mol. The lowest BCUT2D eigenvalue weighted by atomic mass is 9.80. The van der Waals surface area contributed by atoms with E-state index in [9.17, 15) is 22.8 Å². The zero-order valence-electron chi connectivity index (χ0n) is 33.7. The lowest BCUT2D eigenvalue weighted by Crippen LogP contribution is -2.57. The number of aromatic nitrogens is 4. The van der Waals surface area contributed by atoms with E-state index in [2.05, 4.69) is 55.3 Å². The topological polar surface area (TPSA) is 188 Å². The van der Waals surface area contributed by atoms with Gasteiger partial charge in [0.2, 0.25) is 11.7 Å². The number of nitrogens with one attached hydrogen (secondary N) is 4. The molecule has 14 nitrogen and oxygen atoms in total. The first-order valence-electron chi connectivity index (χ1n) is 19.8. The number of alkyl carbamates (subject to hydrolysis) is 1. The van der Waals surface area contributed by atoms with E-state index < -0.39 is 27.1 Å². The van der Waals surface area contributed by atoms with Crippen molar-refractivity contribution in [2.75, 3.05) is 43.0 Å². The Morgan fingerprint density at radius 2 is 1.64 bits per heavy atom. The van der Waals surface area contributed by atoms with Gasteiger partial charge in [-0.05, 0) is 123 Å². The second-order valence-corrected chi connectivity index (χ2v) is 18.8. The minimum atomic E-state index is -2.99. The molecule has 6 rings (SSSR count). The number of hydrogen-bond donors (Lipinski definition) is 4. The van der Waals surface area contributed by atoms with E-state index >= 15 is 0 Å². The van der Waals surface area contributed by atoms with E-state index in [0.717, 1.165) is 63.9 Å². The molecule has 0 bridgehead atoms. The molecule has 2 heterocycles. The quantitative estimate of drug-likeness (QED) is 0.116. The van der Waals surface area contributed by atoms with Gasteiger partial charge in [-0.2, -0.15) is 5.21 Å². The number of nitrogens with zero attached hydrogens (tertiary/aromatic N) is 4. The first-order valence-corrected chi connectivity index (χ1v) is 21.6. The number of hydrogen-bond acceptors (Lipinski definition) is 11. The van der Waals surface area contributed by atoms with E-state index in [-0.39, 0.29) is 42.2 Å². The van der Waals surface area contributed by atoms with E-state index in [1.54, 1.807) is 0 Å². The largest absolute Gasteiger partial charge is 0.444 e. The van der Waals surface area contributed by atoms with Gasteiger partial charge in [0.15, 0.2) is 9.84 Å². The van der Waals surface area contributed by atoms with Crippen LogP contribution in [0.2, 0.25) is 0 Å². The molecule has 308 valence electrons. The highest BCUT2D eigenvalue weighted by Gasteiger charge is 2.36. The Bertz CT molecular complexity index is 2160. The normalized spacial score (nSPS) is 19.0. The van der Waals surface area contributed by atoms with Crippen LogP contribution in [0.3, 0.4) is 0 Å². The van der Waals surface area contributed by atoms with Crippen LogP contribution in [0.1, 0.15) is 63.1 Å². The maximum absolute atomic E-state index is 13.9. The summed E-state index contributed by atoms with van der Waals surface area (Å²) in [6.45, 7) is 13.3. The third kappa shape index (κ3) is 11.1. The van der Waals surface area contributed by atoms with E-state index in [0.29, 0.717) is 38.3 Å². The van der Waals surface area contributed by atoms with Crippen LogP contribution in [0.5, 0.6) is 0 Å². The first-order chi connectivity index (χ1) is 27.6. The summed E-state index contributed by atoms with van der Waals surface area (Å²) >= 11 is 0. The lowest BCUT2D eigenvalue weighted by Gasteiger charge is -2.34. The van der Waals surface area contributed by atoms with Crippen molar-refractivity contribution in [1.82, 2.24) is 36.2 Å². The second-order valence-electron chi connectivity index (χ2n) is 16.5. The van der Waals surface area contributed by atoms with E-state index in [4.69, 9.17) is 4.74 Å². The summed E-state index contributed by atoms with van der Waals surface area (Å²) < 4.78 is 29.2. The molecule has 1 saturated carbocycles. The summed E-state index contributed by atoms with van der Waals surface area (Å²) in [7, 11) is -2.99. The number of aldehydes is 1. The molecule has 0 spiro atoms. The van der Waals surface area contributed by atoms with Crippen molar-refractivity contribution < 1.29 is 27.5 Å². The molecular weight excluding hydrogens is 757 g/mol. The van der Waals surface area contributed by atoms with Crippen LogP contribution in [0, 0.1) is 18.8 Å². The molecule has 1 atom stereocenters. The predicted molar refractivity (Wildman–Crippen MR) is 224 cm³/mol. The van der Waals surface area contributed by atoms with Crippen LogP contribution in [-0.2, 0) is 30.6 Å². The number of H-pyrrole nitrogens is 1. The fraction of sp³-hybridized carbons (Fsp3) is 0.442. The number of amides is 2. The summed E-state index contributed by atoms with van der Waals surface area (Å²) in [5, 5.41) is 23.5. The van der Waals surface area contributed by atoms with Crippen LogP contribution in [0.4, 0.5) is 10.5 Å². The number of tetrazole rings is 1. The fourth-order valence-corrected chi connectivity index (χ4v) is 8.76. The van der Waals surface area contributed by atoms with Gasteiger partial charge in [-0.15, -0.1) is 10.2 Å². The van der Waals surface area contributed by atoms with Gasteiger partial charge in [-0.25, -0.2) is 13.2 Å². The highest BCUT2D eigenvalue weighted by atomic mass is 32.2. The molecule has 4 N–H and O–H groups in total. The molecule has 2 aliphatic rings. The molecular formula is C43H54N8O6S. The van der Waals surface area contributed by atoms with Crippen LogP contribution in [0.15, 0.2) is 73.3 Å². The Kier molecular flexibility index (Phi) is 13.0. The number of benzene rings is 3. The number of ether oxygens (including phenoxy) is 1. The second kappa shape index (κ2) is 17.9. The zero-order valence-corrected chi connectivity index (χ0v) is 34.5. The average Bonchev–Trinajstić information content (AvgIpc) is 3.74. The van der Waals surface area contributed by atoms with Crippen molar-refractivity contribution in [2.45, 2.75) is 70.9 Å². The van der Waals surface area contributed by atoms with Gasteiger partial charge >= 0.3 is 6.09 Å². The Labute approximate surface area is 340 Å². The summed E-state index contributed by atoms with van der Waals surface area (Å²) in [5.74, 6) is 0.534. The van der Waals surface area contributed by atoms with Gasteiger partial charge in [-0.3, -0.25) is 4.79 Å². The minimum Gasteiger partial charge on any atom is -0.444 e. The van der Waals surface area contributed by atoms with Crippen LogP contribution in [-0.4, -0.2) is 101 Å². The Morgan fingerprint density at radius 3 is 2.24 bits per heavy atom. The van der Waals surface area contributed by atoms with Crippen molar-refractivity contribution >= 4 is 39.5 Å². The molecule has 3 aromatic carbocycles. The van der Waals surface area contributed by atoms with Gasteiger partial charge in [0.25, 0.3) is 0 Å². The van der Waals surface area contributed by atoms with Crippen LogP contribution < -0.4 is 16.0 Å². The third-order valence-electron chi connectivity index (χ3n) is 10.9. The summed E-state index contributed by atoms with van der Waals surface area (Å²) in [6, 6.07) is 21.6. The van der Waals surface area contributed by atoms with Crippen molar-refractivity contribution in [3.05, 3.63) is 90.0 Å². The summed E-state index contributed by atoms with van der Waals surface area (Å²) in [6.07, 6.45) is 3.48. The molecule has 15 heteroatoms. The van der Waals surface area contributed by atoms with Gasteiger partial charge in [0, 0.05) is 55.5 Å². The van der Waals surface area contributed by atoms with Crippen LogP contribution >= 0.6 is 0 Å². The van der Waals surface area contributed by atoms with Crippen LogP contribution in [0.25, 0.3) is 28.2 Å². The Hall–Kier alpha value is -5.57. The molecule has 4 aromatic rings. The molecule has 1 aromatic heterocycles. The lowest BCUT2D eigenvalue weighted by molar-refractivity contribution is -0.130. The first kappa shape index (κ1) is 42.0. The number of aryl methyl sites for hydroxylation is 1. The number of rotatable bonds is 14. The predicted octanol–water partition coefficient (Wildman–Crippen LogP) is 5.58. The summed E-state index contributed by atoms with van der Waals surface area (Å²) in [4.78, 5) is 41.3. The minimum absolute atomic E-state index is 0.133. The average molecular weight is 811 g/mol. The number of carbonyl (C=O) groups excluding carboxylic acids is 3. The molecule has 1 unspecified atom stereocenters. The zero-order chi connectivity index (χ0) is 41.5. The standard InChI is InChI=1S/C43H54N8O6S/c1-29-24-36(30(2)51-20-22-58(55,56)23-21-51)16-19-38(29)33-10-6-31(7-11-33)25-43(28-52,27-45-37-17-14-34(15-18-37)39-47-49-50-48-39)46-40(53)35-12-8-32(9-13-35)26-44-41(54)57-42(3,4)5/h6-7,10-11,14-19,24,28,32,35,45H,2,8-9,12-13,20-23,25-27H2,1,3-5H3,(H,44,54)(H,46,53)(H,47,48,49,50). The molecule has 2 amide bonds. The summed E-state index contributed by atoms with van der Waals surface area (Å²) in [5.41, 5.74) is 5.44. The molecule has 1 aliphatic heterocycles. The molecule has 2 fully saturated rings. The fourth-order valence-electron chi connectivity index (χ4n) is 7.56. The molecule has 1 saturated heterocycles. The number of carbonyl (C=O) groups is 3. The van der Waals surface area contributed by atoms with E-state index in [1.165, 1.54) is 0 Å². The van der Waals surface area contributed by atoms with E-state index in [1.807, 2.05) is 87.2 Å². The van der Waals surface area contributed by atoms with Gasteiger partial charge in [-0.1, -0.05) is 43.0 Å². The SMILES string of the molecule is C=C(c1ccc(-c2ccc(CC(C=O)(CNc3ccc(-c4nn[nH]n4)cc3)NC(=O)C3CCC(CNC(=O)OC(C)(C)C)CC3)cc2)c(C)c1)N1CCS(=O)(=O)CC1. The highest BCUT2D eigenvalue weighted by molar-refractivity contribution is 7.91. The molecule has 58 heavy (non-hydrogen) atoms. The maximum Gasteiger partial charge on any atom is 0.407 e. The number of sulfone groups is 1. The van der Waals surface area contributed by atoms with Crippen molar-refractivity contribution in [3.63, 3.8) is 0 Å². The third-order valence-corrected chi connectivity index (χ3v) is 12.5. The molecule has 0 radical (unpaired) electrons.